The van der Waals surface area contributed by atoms with Crippen molar-refractivity contribution in [1.29, 1.82) is 0 Å². The molecule has 0 saturated heterocycles. The first-order chi connectivity index (χ1) is 12.8. The Labute approximate surface area is 156 Å². The zero-order valence-corrected chi connectivity index (χ0v) is 14.6. The highest BCUT2D eigenvalue weighted by atomic mass is 35.5. The predicted molar refractivity (Wildman–Crippen MR) is 103 cm³/mol. The standard InChI is InChI=1S/C22H15ClN2O/c23-16-10-12-17(13-11-16)25-21-18-8-4-5-9-20(18)26-22(19(21)14-24-25)15-6-2-1-3-7-15/h1-14,22H. The first kappa shape index (κ1) is 15.2. The van der Waals surface area contributed by atoms with Crippen LogP contribution in [-0.2, 0) is 0 Å². The molecule has 0 spiro atoms. The van der Waals surface area contributed by atoms with Gasteiger partial charge in [0, 0.05) is 16.1 Å². The van der Waals surface area contributed by atoms with E-state index in [2.05, 4.69) is 23.3 Å². The van der Waals surface area contributed by atoms with Gasteiger partial charge in [-0.2, -0.15) is 5.10 Å². The summed E-state index contributed by atoms with van der Waals surface area (Å²) in [5.74, 6) is 0.865. The first-order valence-electron chi connectivity index (χ1n) is 8.46. The van der Waals surface area contributed by atoms with Crippen LogP contribution < -0.4 is 4.74 Å². The Hall–Kier alpha value is -3.04. The average Bonchev–Trinajstić information content (AvgIpc) is 3.14. The lowest BCUT2D eigenvalue weighted by Gasteiger charge is -2.27. The van der Waals surface area contributed by atoms with E-state index >= 15 is 0 Å². The molecule has 4 aromatic rings. The van der Waals surface area contributed by atoms with Crippen molar-refractivity contribution in [3.63, 3.8) is 0 Å². The van der Waals surface area contributed by atoms with Crippen LogP contribution in [0.15, 0.2) is 85.1 Å². The van der Waals surface area contributed by atoms with Gasteiger partial charge in [-0.15, -0.1) is 0 Å². The van der Waals surface area contributed by atoms with E-state index < -0.39 is 0 Å². The molecule has 4 heteroatoms. The van der Waals surface area contributed by atoms with E-state index in [4.69, 9.17) is 16.3 Å². The van der Waals surface area contributed by atoms with Crippen molar-refractivity contribution < 1.29 is 4.74 Å². The van der Waals surface area contributed by atoms with Gasteiger partial charge in [0.05, 0.1) is 17.6 Å². The Morgan fingerprint density at radius 1 is 0.846 bits per heavy atom. The summed E-state index contributed by atoms with van der Waals surface area (Å²) in [6, 6.07) is 26.1. The van der Waals surface area contributed by atoms with Crippen LogP contribution in [0.4, 0.5) is 0 Å². The summed E-state index contributed by atoms with van der Waals surface area (Å²) in [4.78, 5) is 0. The van der Waals surface area contributed by atoms with Gasteiger partial charge in [-0.3, -0.25) is 0 Å². The number of benzene rings is 3. The van der Waals surface area contributed by atoms with E-state index in [1.165, 1.54) is 0 Å². The van der Waals surface area contributed by atoms with E-state index in [0.29, 0.717) is 5.02 Å². The van der Waals surface area contributed by atoms with Crippen LogP contribution >= 0.6 is 11.6 Å². The van der Waals surface area contributed by atoms with Crippen molar-refractivity contribution in [2.24, 2.45) is 0 Å². The number of fused-ring (bicyclic) bond motifs is 3. The monoisotopic (exact) mass is 358 g/mol. The third-order valence-electron chi connectivity index (χ3n) is 4.64. The summed E-state index contributed by atoms with van der Waals surface area (Å²) in [5, 5.41) is 5.37. The summed E-state index contributed by atoms with van der Waals surface area (Å²) >= 11 is 6.05. The van der Waals surface area contributed by atoms with Crippen molar-refractivity contribution in [1.82, 2.24) is 9.78 Å². The molecule has 0 aliphatic carbocycles. The quantitative estimate of drug-likeness (QED) is 0.461. The molecule has 1 aromatic heterocycles. The van der Waals surface area contributed by atoms with E-state index in [1.54, 1.807) is 0 Å². The van der Waals surface area contributed by atoms with Gasteiger partial charge in [-0.05, 0) is 42.0 Å². The molecule has 0 N–H and O–H groups in total. The molecule has 0 fully saturated rings. The molecule has 1 atom stereocenters. The molecule has 2 heterocycles. The lowest BCUT2D eigenvalue weighted by atomic mass is 9.95. The average molecular weight is 359 g/mol. The summed E-state index contributed by atoms with van der Waals surface area (Å²) in [5.41, 5.74) is 5.24. The number of para-hydroxylation sites is 1. The molecular weight excluding hydrogens is 344 g/mol. The van der Waals surface area contributed by atoms with Crippen molar-refractivity contribution in [3.8, 4) is 22.7 Å². The van der Waals surface area contributed by atoms with Crippen molar-refractivity contribution >= 4 is 11.6 Å². The van der Waals surface area contributed by atoms with E-state index in [1.807, 2.05) is 71.5 Å². The first-order valence-corrected chi connectivity index (χ1v) is 8.84. The van der Waals surface area contributed by atoms with Gasteiger partial charge in [0.2, 0.25) is 0 Å². The molecule has 1 aliphatic rings. The third-order valence-corrected chi connectivity index (χ3v) is 4.89. The number of hydrogen-bond acceptors (Lipinski definition) is 2. The highest BCUT2D eigenvalue weighted by molar-refractivity contribution is 6.30. The minimum absolute atomic E-state index is 0.179. The molecule has 3 nitrogen and oxygen atoms in total. The number of hydrogen-bond donors (Lipinski definition) is 0. The van der Waals surface area contributed by atoms with Crippen LogP contribution in [0.2, 0.25) is 5.02 Å². The zero-order valence-electron chi connectivity index (χ0n) is 13.8. The van der Waals surface area contributed by atoms with Crippen LogP contribution in [0.25, 0.3) is 16.9 Å². The normalized spacial score (nSPS) is 15.0. The Morgan fingerprint density at radius 3 is 2.38 bits per heavy atom. The SMILES string of the molecule is Clc1ccc(-n2ncc3c2-c2ccccc2OC3c2ccccc2)cc1. The van der Waals surface area contributed by atoms with Crippen LogP contribution in [0.1, 0.15) is 17.2 Å². The zero-order chi connectivity index (χ0) is 17.5. The van der Waals surface area contributed by atoms with Gasteiger partial charge < -0.3 is 4.74 Å². The number of rotatable bonds is 2. The van der Waals surface area contributed by atoms with E-state index in [0.717, 1.165) is 33.8 Å². The minimum atomic E-state index is -0.179. The van der Waals surface area contributed by atoms with Crippen LogP contribution in [0.3, 0.4) is 0 Å². The van der Waals surface area contributed by atoms with Gasteiger partial charge in [0.15, 0.2) is 6.10 Å². The number of nitrogens with zero attached hydrogens (tertiary/aromatic N) is 2. The molecule has 1 aliphatic heterocycles. The number of aromatic nitrogens is 2. The molecule has 1 unspecified atom stereocenters. The smallest absolute Gasteiger partial charge is 0.153 e. The second-order valence-corrected chi connectivity index (χ2v) is 6.68. The lowest BCUT2D eigenvalue weighted by Crippen LogP contribution is -2.15. The van der Waals surface area contributed by atoms with Crippen molar-refractivity contribution in [2.75, 3.05) is 0 Å². The Bertz CT molecular complexity index is 1070. The number of halogens is 1. The highest BCUT2D eigenvalue weighted by Gasteiger charge is 2.31. The fourth-order valence-electron chi connectivity index (χ4n) is 3.43. The Kier molecular flexibility index (Phi) is 3.54. The fourth-order valence-corrected chi connectivity index (χ4v) is 3.56. The van der Waals surface area contributed by atoms with E-state index in [9.17, 15) is 0 Å². The van der Waals surface area contributed by atoms with Gasteiger partial charge in [-0.25, -0.2) is 4.68 Å². The molecule has 0 radical (unpaired) electrons. The molecule has 3 aromatic carbocycles. The van der Waals surface area contributed by atoms with E-state index in [-0.39, 0.29) is 6.10 Å². The molecule has 126 valence electrons. The van der Waals surface area contributed by atoms with Gasteiger partial charge >= 0.3 is 0 Å². The summed E-state index contributed by atoms with van der Waals surface area (Å²) in [6.45, 7) is 0. The van der Waals surface area contributed by atoms with Gasteiger partial charge in [-0.1, -0.05) is 54.1 Å². The van der Waals surface area contributed by atoms with Crippen LogP contribution in [0.5, 0.6) is 5.75 Å². The topological polar surface area (TPSA) is 27.1 Å². The highest BCUT2D eigenvalue weighted by Crippen LogP contribution is 2.45. The van der Waals surface area contributed by atoms with Crippen LogP contribution in [-0.4, -0.2) is 9.78 Å². The second kappa shape index (κ2) is 6.04. The minimum Gasteiger partial charge on any atom is -0.480 e. The third kappa shape index (κ3) is 2.40. The molecule has 0 saturated carbocycles. The molecule has 26 heavy (non-hydrogen) atoms. The molecule has 5 rings (SSSR count). The second-order valence-electron chi connectivity index (χ2n) is 6.24. The molecular formula is C22H15ClN2O. The van der Waals surface area contributed by atoms with Crippen molar-refractivity contribution in [3.05, 3.63) is 101 Å². The predicted octanol–water partition coefficient (Wildman–Crippen LogP) is 5.67. The van der Waals surface area contributed by atoms with Crippen LogP contribution in [0, 0.1) is 0 Å². The lowest BCUT2D eigenvalue weighted by molar-refractivity contribution is 0.243. The van der Waals surface area contributed by atoms with Crippen molar-refractivity contribution in [2.45, 2.75) is 6.10 Å². The Morgan fingerprint density at radius 2 is 1.58 bits per heavy atom. The maximum absolute atomic E-state index is 6.34. The summed E-state index contributed by atoms with van der Waals surface area (Å²) in [6.07, 6.45) is 1.72. The summed E-state index contributed by atoms with van der Waals surface area (Å²) < 4.78 is 8.30. The maximum Gasteiger partial charge on any atom is 0.153 e. The van der Waals surface area contributed by atoms with Gasteiger partial charge in [0.25, 0.3) is 0 Å². The Balaban J connectivity index is 1.74. The fraction of sp³-hybridized carbons (Fsp3) is 0.0455. The number of ether oxygens (including phenoxy) is 1. The van der Waals surface area contributed by atoms with Gasteiger partial charge in [0.1, 0.15) is 5.75 Å². The maximum atomic E-state index is 6.34. The molecule has 0 amide bonds. The largest absolute Gasteiger partial charge is 0.480 e. The molecule has 0 bridgehead atoms. The summed E-state index contributed by atoms with van der Waals surface area (Å²) in [7, 11) is 0.